The summed E-state index contributed by atoms with van der Waals surface area (Å²) in [6, 6.07) is 17.8. The summed E-state index contributed by atoms with van der Waals surface area (Å²) in [6.07, 6.45) is 1.50. The summed E-state index contributed by atoms with van der Waals surface area (Å²) >= 11 is 0. The zero-order valence-electron chi connectivity index (χ0n) is 11.5. The van der Waals surface area contributed by atoms with Gasteiger partial charge in [0.15, 0.2) is 0 Å². The number of fused-ring (bicyclic) bond motifs is 1. The zero-order chi connectivity index (χ0) is 15.4. The van der Waals surface area contributed by atoms with Crippen molar-refractivity contribution in [1.29, 1.82) is 0 Å². The van der Waals surface area contributed by atoms with Gasteiger partial charge in [-0.05, 0) is 17.7 Å². The highest BCUT2D eigenvalue weighted by atomic mass is 16.4. The molecule has 3 rings (SSSR count). The van der Waals surface area contributed by atoms with Crippen LogP contribution < -0.4 is 11.1 Å². The molecule has 0 radical (unpaired) electrons. The van der Waals surface area contributed by atoms with Gasteiger partial charge in [0.1, 0.15) is 11.1 Å². The maximum atomic E-state index is 12.0. The van der Waals surface area contributed by atoms with Crippen molar-refractivity contribution in [3.8, 4) is 0 Å². The molecule has 5 heteroatoms. The van der Waals surface area contributed by atoms with Crippen molar-refractivity contribution in [2.75, 3.05) is 0 Å². The highest BCUT2D eigenvalue weighted by molar-refractivity contribution is 5.97. The van der Waals surface area contributed by atoms with E-state index in [-0.39, 0.29) is 5.56 Å². The lowest BCUT2D eigenvalue weighted by Crippen LogP contribution is -2.24. The number of para-hydroxylation sites is 1. The minimum Gasteiger partial charge on any atom is -0.422 e. The van der Waals surface area contributed by atoms with Crippen molar-refractivity contribution < 1.29 is 9.21 Å². The number of hydrazone groups is 1. The number of carbonyl (C=O) groups is 1. The fraction of sp³-hybridized carbons (Fsp3) is 0. The van der Waals surface area contributed by atoms with Gasteiger partial charge < -0.3 is 4.42 Å². The Kier molecular flexibility index (Phi) is 3.78. The van der Waals surface area contributed by atoms with Crippen molar-refractivity contribution in [3.05, 3.63) is 82.2 Å². The van der Waals surface area contributed by atoms with Crippen LogP contribution >= 0.6 is 0 Å². The predicted molar refractivity (Wildman–Crippen MR) is 84.0 cm³/mol. The molecule has 0 fully saturated rings. The van der Waals surface area contributed by atoms with E-state index in [2.05, 4.69) is 10.5 Å². The molecule has 3 aromatic rings. The van der Waals surface area contributed by atoms with Crippen LogP contribution in [0.2, 0.25) is 0 Å². The Morgan fingerprint density at radius 3 is 2.59 bits per heavy atom. The van der Waals surface area contributed by atoms with E-state index < -0.39 is 11.5 Å². The van der Waals surface area contributed by atoms with E-state index in [1.54, 1.807) is 24.3 Å². The number of hydrogen-bond acceptors (Lipinski definition) is 4. The van der Waals surface area contributed by atoms with Crippen LogP contribution in [0.5, 0.6) is 0 Å². The second-order valence-corrected chi connectivity index (χ2v) is 4.60. The van der Waals surface area contributed by atoms with Gasteiger partial charge in [-0.1, -0.05) is 48.5 Å². The molecule has 0 aliphatic heterocycles. The maximum Gasteiger partial charge on any atom is 0.349 e. The Morgan fingerprint density at radius 1 is 1.05 bits per heavy atom. The lowest BCUT2D eigenvalue weighted by Gasteiger charge is -2.00. The largest absolute Gasteiger partial charge is 0.422 e. The number of rotatable bonds is 3. The van der Waals surface area contributed by atoms with Gasteiger partial charge in [0.25, 0.3) is 5.91 Å². The third-order valence-corrected chi connectivity index (χ3v) is 3.07. The van der Waals surface area contributed by atoms with Gasteiger partial charge in [-0.2, -0.15) is 5.10 Å². The molecule has 1 amide bonds. The Labute approximate surface area is 125 Å². The molecule has 0 aliphatic rings. The number of nitrogens with one attached hydrogen (secondary N) is 1. The number of carbonyl (C=O) groups excluding carboxylic acids is 1. The van der Waals surface area contributed by atoms with E-state index in [1.165, 1.54) is 12.3 Å². The molecule has 22 heavy (non-hydrogen) atoms. The number of benzene rings is 2. The molecule has 2 aromatic carbocycles. The van der Waals surface area contributed by atoms with Gasteiger partial charge in [0, 0.05) is 5.39 Å². The standard InChI is InChI=1S/C17H12N2O3/c20-16(19-18-11-12-6-2-1-3-7-12)14-10-13-8-4-5-9-15(13)22-17(14)21/h1-11H,(H,19,20)/b18-11+. The van der Waals surface area contributed by atoms with Gasteiger partial charge in [-0.3, -0.25) is 4.79 Å². The Bertz CT molecular complexity index is 898. The second-order valence-electron chi connectivity index (χ2n) is 4.60. The highest BCUT2D eigenvalue weighted by Crippen LogP contribution is 2.12. The highest BCUT2D eigenvalue weighted by Gasteiger charge is 2.12. The van der Waals surface area contributed by atoms with Crippen molar-refractivity contribution in [1.82, 2.24) is 5.43 Å². The molecule has 0 aliphatic carbocycles. The SMILES string of the molecule is O=C(N/N=C/c1ccccc1)c1cc2ccccc2oc1=O. The average molecular weight is 292 g/mol. The minimum atomic E-state index is -0.689. The lowest BCUT2D eigenvalue weighted by atomic mass is 10.2. The molecule has 0 spiro atoms. The number of hydrogen-bond donors (Lipinski definition) is 1. The van der Waals surface area contributed by atoms with Crippen molar-refractivity contribution in [2.24, 2.45) is 5.10 Å². The third kappa shape index (κ3) is 2.93. The zero-order valence-corrected chi connectivity index (χ0v) is 11.5. The summed E-state index contributed by atoms with van der Waals surface area (Å²) < 4.78 is 5.11. The van der Waals surface area contributed by atoms with Gasteiger partial charge >= 0.3 is 5.63 Å². The molecule has 0 bridgehead atoms. The molecule has 0 atom stereocenters. The smallest absolute Gasteiger partial charge is 0.349 e. The van der Waals surface area contributed by atoms with Crippen molar-refractivity contribution >= 4 is 23.1 Å². The van der Waals surface area contributed by atoms with Crippen LogP contribution in [-0.4, -0.2) is 12.1 Å². The molecule has 5 nitrogen and oxygen atoms in total. The quantitative estimate of drug-likeness (QED) is 0.458. The molecule has 0 saturated carbocycles. The van der Waals surface area contributed by atoms with E-state index in [9.17, 15) is 9.59 Å². The van der Waals surface area contributed by atoms with Crippen LogP contribution in [0.15, 0.2) is 75.0 Å². The van der Waals surface area contributed by atoms with Gasteiger partial charge in [-0.15, -0.1) is 0 Å². The summed E-state index contributed by atoms with van der Waals surface area (Å²) in [6.45, 7) is 0. The normalized spacial score (nSPS) is 10.9. The fourth-order valence-corrected chi connectivity index (χ4v) is 1.99. The van der Waals surface area contributed by atoms with E-state index in [0.29, 0.717) is 11.0 Å². The summed E-state index contributed by atoms with van der Waals surface area (Å²) in [5, 5.41) is 4.51. The van der Waals surface area contributed by atoms with E-state index in [0.717, 1.165) is 5.56 Å². The average Bonchev–Trinajstić information content (AvgIpc) is 2.55. The molecule has 0 unspecified atom stereocenters. The van der Waals surface area contributed by atoms with Gasteiger partial charge in [-0.25, -0.2) is 10.2 Å². The van der Waals surface area contributed by atoms with Crippen LogP contribution in [0, 0.1) is 0 Å². The van der Waals surface area contributed by atoms with Crippen molar-refractivity contribution in [2.45, 2.75) is 0 Å². The first kappa shape index (κ1) is 13.8. The van der Waals surface area contributed by atoms with Crippen LogP contribution in [0.1, 0.15) is 15.9 Å². The Balaban J connectivity index is 1.82. The molecule has 1 aromatic heterocycles. The predicted octanol–water partition coefficient (Wildman–Crippen LogP) is 2.56. The fourth-order valence-electron chi connectivity index (χ4n) is 1.99. The van der Waals surface area contributed by atoms with Crippen molar-refractivity contribution in [3.63, 3.8) is 0 Å². The third-order valence-electron chi connectivity index (χ3n) is 3.07. The molecule has 1 N–H and O–H groups in total. The minimum absolute atomic E-state index is 0.0797. The number of amides is 1. The molecule has 1 heterocycles. The lowest BCUT2D eigenvalue weighted by molar-refractivity contribution is 0.0951. The van der Waals surface area contributed by atoms with Crippen LogP contribution in [0.4, 0.5) is 0 Å². The summed E-state index contributed by atoms with van der Waals surface area (Å²) in [4.78, 5) is 23.8. The Hall–Kier alpha value is -3.21. The molecule has 0 saturated heterocycles. The summed E-state index contributed by atoms with van der Waals surface area (Å²) in [5.74, 6) is -0.605. The number of nitrogens with zero attached hydrogens (tertiary/aromatic N) is 1. The molecule has 108 valence electrons. The van der Waals surface area contributed by atoms with Crippen LogP contribution in [-0.2, 0) is 0 Å². The topological polar surface area (TPSA) is 71.7 Å². The van der Waals surface area contributed by atoms with Gasteiger partial charge in [0.05, 0.1) is 6.21 Å². The van der Waals surface area contributed by atoms with E-state index in [4.69, 9.17) is 4.42 Å². The van der Waals surface area contributed by atoms with E-state index >= 15 is 0 Å². The Morgan fingerprint density at radius 2 is 1.77 bits per heavy atom. The first-order chi connectivity index (χ1) is 10.7. The maximum absolute atomic E-state index is 12.0. The summed E-state index contributed by atoms with van der Waals surface area (Å²) in [5.41, 5.74) is 2.84. The first-order valence-corrected chi connectivity index (χ1v) is 6.65. The van der Waals surface area contributed by atoms with Crippen LogP contribution in [0.25, 0.3) is 11.0 Å². The molecular weight excluding hydrogens is 280 g/mol. The van der Waals surface area contributed by atoms with Gasteiger partial charge in [0.2, 0.25) is 0 Å². The molecular formula is C17H12N2O3. The summed E-state index contributed by atoms with van der Waals surface area (Å²) in [7, 11) is 0. The monoisotopic (exact) mass is 292 g/mol. The van der Waals surface area contributed by atoms with E-state index in [1.807, 2.05) is 30.3 Å². The first-order valence-electron chi connectivity index (χ1n) is 6.65. The second kappa shape index (κ2) is 6.05. The van der Waals surface area contributed by atoms with Crippen LogP contribution in [0.3, 0.4) is 0 Å².